The Labute approximate surface area is 121 Å². The van der Waals surface area contributed by atoms with E-state index in [0.717, 1.165) is 16.2 Å². The van der Waals surface area contributed by atoms with Crippen LogP contribution < -0.4 is 10.5 Å². The molecule has 20 heavy (non-hydrogen) atoms. The Morgan fingerprint density at radius 1 is 1.30 bits per heavy atom. The molecule has 0 aromatic heterocycles. The Morgan fingerprint density at radius 2 is 2.10 bits per heavy atom. The molecule has 2 aromatic rings. The van der Waals surface area contributed by atoms with E-state index >= 15 is 0 Å². The van der Waals surface area contributed by atoms with E-state index in [1.807, 2.05) is 24.3 Å². The largest absolute Gasteiger partial charge is 0.497 e. The van der Waals surface area contributed by atoms with Crippen molar-refractivity contribution in [3.63, 3.8) is 0 Å². The van der Waals surface area contributed by atoms with Crippen LogP contribution in [-0.4, -0.2) is 12.9 Å². The van der Waals surface area contributed by atoms with Crippen LogP contribution in [-0.2, 0) is 5.75 Å². The summed E-state index contributed by atoms with van der Waals surface area (Å²) in [5.74, 6) is 0.902. The minimum absolute atomic E-state index is 0.120. The lowest BCUT2D eigenvalue weighted by molar-refractivity contribution is 0.413. The van der Waals surface area contributed by atoms with Crippen molar-refractivity contribution in [2.45, 2.75) is 10.6 Å². The molecule has 0 fully saturated rings. The van der Waals surface area contributed by atoms with Gasteiger partial charge in [-0.05, 0) is 35.9 Å². The molecule has 0 aliphatic rings. The van der Waals surface area contributed by atoms with Crippen LogP contribution in [0.5, 0.6) is 5.75 Å². The van der Waals surface area contributed by atoms with Crippen molar-refractivity contribution in [1.29, 1.82) is 5.41 Å². The fourth-order valence-electron chi connectivity index (χ4n) is 1.78. The summed E-state index contributed by atoms with van der Waals surface area (Å²) in [6, 6.07) is 12.0. The van der Waals surface area contributed by atoms with Gasteiger partial charge in [-0.25, -0.2) is 4.39 Å². The second-order valence-corrected chi connectivity index (χ2v) is 5.23. The maximum absolute atomic E-state index is 13.2. The van der Waals surface area contributed by atoms with Gasteiger partial charge in [-0.15, -0.1) is 11.8 Å². The van der Waals surface area contributed by atoms with E-state index < -0.39 is 0 Å². The number of hydrogen-bond donors (Lipinski definition) is 2. The van der Waals surface area contributed by atoms with Crippen molar-refractivity contribution < 1.29 is 9.13 Å². The van der Waals surface area contributed by atoms with Crippen molar-refractivity contribution in [1.82, 2.24) is 0 Å². The van der Waals surface area contributed by atoms with Crippen molar-refractivity contribution in [2.75, 3.05) is 7.11 Å². The van der Waals surface area contributed by atoms with Crippen LogP contribution in [0, 0.1) is 11.2 Å². The van der Waals surface area contributed by atoms with E-state index in [4.69, 9.17) is 15.9 Å². The van der Waals surface area contributed by atoms with Gasteiger partial charge in [0, 0.05) is 16.2 Å². The van der Waals surface area contributed by atoms with E-state index in [0.29, 0.717) is 11.3 Å². The first kappa shape index (κ1) is 14.4. The fraction of sp³-hybridized carbons (Fsp3) is 0.133. The highest BCUT2D eigenvalue weighted by Gasteiger charge is 2.08. The molecule has 104 valence electrons. The molecule has 0 unspecified atom stereocenters. The third kappa shape index (κ3) is 3.51. The molecule has 0 heterocycles. The Bertz CT molecular complexity index is 631. The number of nitrogens with one attached hydrogen (secondary N) is 1. The molecular formula is C15H15FN2OS. The number of hydrogen-bond acceptors (Lipinski definition) is 3. The van der Waals surface area contributed by atoms with Gasteiger partial charge in [0.05, 0.1) is 7.11 Å². The van der Waals surface area contributed by atoms with Gasteiger partial charge in [0.25, 0.3) is 0 Å². The average molecular weight is 290 g/mol. The number of rotatable bonds is 5. The Balaban J connectivity index is 2.16. The molecule has 0 aliphatic heterocycles. The smallest absolute Gasteiger partial charge is 0.123 e. The van der Waals surface area contributed by atoms with E-state index in [-0.39, 0.29) is 11.7 Å². The molecule has 5 heteroatoms. The number of nitrogen functional groups attached to an aromatic ring is 1. The number of amidine groups is 1. The molecule has 0 spiro atoms. The van der Waals surface area contributed by atoms with E-state index in [1.54, 1.807) is 24.9 Å². The Morgan fingerprint density at radius 3 is 2.80 bits per heavy atom. The second-order valence-electron chi connectivity index (χ2n) is 4.18. The van der Waals surface area contributed by atoms with Crippen LogP contribution in [0.2, 0.25) is 0 Å². The van der Waals surface area contributed by atoms with Crippen LogP contribution in [0.3, 0.4) is 0 Å². The van der Waals surface area contributed by atoms with Crippen LogP contribution in [0.15, 0.2) is 47.4 Å². The minimum atomic E-state index is -0.384. The van der Waals surface area contributed by atoms with Gasteiger partial charge in [-0.2, -0.15) is 0 Å². The van der Waals surface area contributed by atoms with Crippen LogP contribution >= 0.6 is 11.8 Å². The highest BCUT2D eigenvalue weighted by Crippen LogP contribution is 2.27. The summed E-state index contributed by atoms with van der Waals surface area (Å²) in [4.78, 5) is 1.04. The summed E-state index contributed by atoms with van der Waals surface area (Å²) in [6.45, 7) is 0. The summed E-state index contributed by atoms with van der Waals surface area (Å²) in [6.07, 6.45) is 0. The molecule has 0 radical (unpaired) electrons. The third-order valence-corrected chi connectivity index (χ3v) is 3.84. The monoisotopic (exact) mass is 290 g/mol. The fourth-order valence-corrected chi connectivity index (χ4v) is 2.73. The molecule has 0 saturated carbocycles. The number of benzene rings is 2. The normalized spacial score (nSPS) is 10.3. The molecule has 3 nitrogen and oxygen atoms in total. The zero-order chi connectivity index (χ0) is 14.5. The molecule has 2 aromatic carbocycles. The Kier molecular flexibility index (Phi) is 4.63. The van der Waals surface area contributed by atoms with Crippen molar-refractivity contribution in [3.8, 4) is 5.75 Å². The first-order chi connectivity index (χ1) is 9.60. The zero-order valence-corrected chi connectivity index (χ0v) is 11.8. The SMILES string of the molecule is COc1cccc(SCc2ccc(F)cc2C(=N)N)c1. The number of thioether (sulfide) groups is 1. The maximum atomic E-state index is 13.2. The summed E-state index contributed by atoms with van der Waals surface area (Å²) in [5.41, 5.74) is 6.77. The van der Waals surface area contributed by atoms with Crippen molar-refractivity contribution >= 4 is 17.6 Å². The lowest BCUT2D eigenvalue weighted by Gasteiger charge is -2.09. The zero-order valence-electron chi connectivity index (χ0n) is 11.0. The van der Waals surface area contributed by atoms with Crippen LogP contribution in [0.4, 0.5) is 4.39 Å². The molecule has 0 aliphatic carbocycles. The number of nitrogens with two attached hydrogens (primary N) is 1. The van der Waals surface area contributed by atoms with Crippen LogP contribution in [0.1, 0.15) is 11.1 Å². The molecule has 0 saturated heterocycles. The first-order valence-electron chi connectivity index (χ1n) is 6.00. The number of halogens is 1. The van der Waals surface area contributed by atoms with Gasteiger partial charge in [-0.3, -0.25) is 5.41 Å². The topological polar surface area (TPSA) is 59.1 Å². The highest BCUT2D eigenvalue weighted by molar-refractivity contribution is 7.98. The van der Waals surface area contributed by atoms with E-state index in [2.05, 4.69) is 0 Å². The van der Waals surface area contributed by atoms with Gasteiger partial charge in [-0.1, -0.05) is 12.1 Å². The average Bonchev–Trinajstić information content (AvgIpc) is 2.46. The van der Waals surface area contributed by atoms with Gasteiger partial charge < -0.3 is 10.5 Å². The molecule has 0 atom stereocenters. The Hall–Kier alpha value is -2.01. The molecular weight excluding hydrogens is 275 g/mol. The predicted octanol–water partition coefficient (Wildman–Crippen LogP) is 3.41. The van der Waals surface area contributed by atoms with Crippen molar-refractivity contribution in [2.24, 2.45) is 5.73 Å². The molecule has 3 N–H and O–H groups in total. The van der Waals surface area contributed by atoms with Crippen molar-refractivity contribution in [3.05, 3.63) is 59.4 Å². The second kappa shape index (κ2) is 6.43. The van der Waals surface area contributed by atoms with Crippen LogP contribution in [0.25, 0.3) is 0 Å². The summed E-state index contributed by atoms with van der Waals surface area (Å²) in [7, 11) is 1.62. The molecule has 0 amide bonds. The summed E-state index contributed by atoms with van der Waals surface area (Å²) in [5, 5.41) is 7.50. The van der Waals surface area contributed by atoms with Gasteiger partial charge >= 0.3 is 0 Å². The lowest BCUT2D eigenvalue weighted by atomic mass is 10.1. The standard InChI is InChI=1S/C15H15FN2OS/c1-19-12-3-2-4-13(8-12)20-9-10-5-6-11(16)7-14(10)15(17)18/h2-8H,9H2,1H3,(H3,17,18). The van der Waals surface area contributed by atoms with Gasteiger partial charge in [0.2, 0.25) is 0 Å². The molecule has 0 bridgehead atoms. The number of methoxy groups -OCH3 is 1. The van der Waals surface area contributed by atoms with E-state index in [9.17, 15) is 4.39 Å². The predicted molar refractivity (Wildman–Crippen MR) is 80.0 cm³/mol. The quantitative estimate of drug-likeness (QED) is 0.504. The first-order valence-corrected chi connectivity index (χ1v) is 6.98. The lowest BCUT2D eigenvalue weighted by Crippen LogP contribution is -2.13. The van der Waals surface area contributed by atoms with Gasteiger partial charge in [0.1, 0.15) is 17.4 Å². The minimum Gasteiger partial charge on any atom is -0.497 e. The summed E-state index contributed by atoms with van der Waals surface area (Å²) < 4.78 is 18.4. The molecule has 2 rings (SSSR count). The third-order valence-electron chi connectivity index (χ3n) is 2.80. The maximum Gasteiger partial charge on any atom is 0.123 e. The number of ether oxygens (including phenoxy) is 1. The van der Waals surface area contributed by atoms with E-state index in [1.165, 1.54) is 12.1 Å². The summed E-state index contributed by atoms with van der Waals surface area (Å²) >= 11 is 1.59. The highest BCUT2D eigenvalue weighted by atomic mass is 32.2. The van der Waals surface area contributed by atoms with Gasteiger partial charge in [0.15, 0.2) is 0 Å².